The third-order valence-corrected chi connectivity index (χ3v) is 4.17. The van der Waals surface area contributed by atoms with Gasteiger partial charge in [0.15, 0.2) is 0 Å². The van der Waals surface area contributed by atoms with Gasteiger partial charge in [0.25, 0.3) is 0 Å². The molecule has 1 atom stereocenters. The van der Waals surface area contributed by atoms with Crippen LogP contribution in [0.3, 0.4) is 0 Å². The van der Waals surface area contributed by atoms with E-state index in [9.17, 15) is 0 Å². The standard InChI is InChI=1S/C11H17ClN2OS/c1-15-10-2-4-14(7-10)5-3-11-13-9(6-12)8-16-11/h8,10H,2-7H2,1H3. The van der Waals surface area contributed by atoms with Crippen molar-refractivity contribution in [3.8, 4) is 0 Å². The quantitative estimate of drug-likeness (QED) is 0.759. The van der Waals surface area contributed by atoms with E-state index in [4.69, 9.17) is 16.3 Å². The summed E-state index contributed by atoms with van der Waals surface area (Å²) in [6, 6.07) is 0. The number of thiazole rings is 1. The maximum absolute atomic E-state index is 5.72. The van der Waals surface area contributed by atoms with E-state index in [0.717, 1.165) is 38.2 Å². The highest BCUT2D eigenvalue weighted by Crippen LogP contribution is 2.15. The summed E-state index contributed by atoms with van der Waals surface area (Å²) in [5.41, 5.74) is 0.998. The Morgan fingerprint density at radius 1 is 1.69 bits per heavy atom. The van der Waals surface area contributed by atoms with Gasteiger partial charge in [-0.1, -0.05) is 0 Å². The molecule has 2 rings (SSSR count). The first-order chi connectivity index (χ1) is 7.81. The van der Waals surface area contributed by atoms with Crippen LogP contribution in [-0.2, 0) is 17.0 Å². The first-order valence-electron chi connectivity index (χ1n) is 5.56. The van der Waals surface area contributed by atoms with Gasteiger partial charge in [0.1, 0.15) is 0 Å². The maximum Gasteiger partial charge on any atom is 0.0941 e. The van der Waals surface area contributed by atoms with Gasteiger partial charge in [0, 0.05) is 38.5 Å². The molecule has 90 valence electrons. The molecule has 1 unspecified atom stereocenters. The van der Waals surface area contributed by atoms with Crippen LogP contribution in [0.5, 0.6) is 0 Å². The Bertz CT molecular complexity index is 332. The highest BCUT2D eigenvalue weighted by atomic mass is 35.5. The van der Waals surface area contributed by atoms with Crippen LogP contribution in [0.1, 0.15) is 17.1 Å². The van der Waals surface area contributed by atoms with Crippen molar-refractivity contribution in [3.63, 3.8) is 0 Å². The number of nitrogens with zero attached hydrogens (tertiary/aromatic N) is 2. The molecule has 0 amide bonds. The summed E-state index contributed by atoms with van der Waals surface area (Å²) in [7, 11) is 1.79. The Labute approximate surface area is 105 Å². The van der Waals surface area contributed by atoms with Crippen molar-refractivity contribution >= 4 is 22.9 Å². The number of hydrogen-bond acceptors (Lipinski definition) is 4. The van der Waals surface area contributed by atoms with E-state index in [2.05, 4.69) is 9.88 Å². The third-order valence-electron chi connectivity index (χ3n) is 2.94. The van der Waals surface area contributed by atoms with Crippen molar-refractivity contribution in [2.75, 3.05) is 26.7 Å². The van der Waals surface area contributed by atoms with Crippen LogP contribution in [0.25, 0.3) is 0 Å². The molecule has 0 N–H and O–H groups in total. The van der Waals surface area contributed by atoms with Crippen molar-refractivity contribution in [1.82, 2.24) is 9.88 Å². The zero-order valence-corrected chi connectivity index (χ0v) is 11.1. The minimum Gasteiger partial charge on any atom is -0.380 e. The predicted molar refractivity (Wildman–Crippen MR) is 67.2 cm³/mol. The molecule has 1 aromatic rings. The van der Waals surface area contributed by atoms with Crippen LogP contribution in [0.15, 0.2) is 5.38 Å². The van der Waals surface area contributed by atoms with Gasteiger partial charge in [-0.05, 0) is 6.42 Å². The number of likely N-dealkylation sites (tertiary alicyclic amines) is 1. The van der Waals surface area contributed by atoms with Crippen molar-refractivity contribution in [3.05, 3.63) is 16.1 Å². The minimum absolute atomic E-state index is 0.426. The SMILES string of the molecule is COC1CCN(CCc2nc(CCl)cs2)C1. The summed E-state index contributed by atoms with van der Waals surface area (Å²) in [4.78, 5) is 6.90. The molecule has 0 aliphatic carbocycles. The maximum atomic E-state index is 5.72. The van der Waals surface area contributed by atoms with E-state index in [0.29, 0.717) is 12.0 Å². The number of rotatable bonds is 5. The summed E-state index contributed by atoms with van der Waals surface area (Å²) in [6.07, 6.45) is 2.61. The van der Waals surface area contributed by atoms with Crippen LogP contribution >= 0.6 is 22.9 Å². The fourth-order valence-electron chi connectivity index (χ4n) is 1.97. The van der Waals surface area contributed by atoms with Crippen LogP contribution < -0.4 is 0 Å². The van der Waals surface area contributed by atoms with Crippen molar-refractivity contribution in [2.45, 2.75) is 24.8 Å². The van der Waals surface area contributed by atoms with Gasteiger partial charge in [-0.25, -0.2) is 4.98 Å². The fraction of sp³-hybridized carbons (Fsp3) is 0.727. The van der Waals surface area contributed by atoms with Gasteiger partial charge in [-0.2, -0.15) is 0 Å². The Morgan fingerprint density at radius 3 is 3.19 bits per heavy atom. The molecule has 5 heteroatoms. The van der Waals surface area contributed by atoms with Crippen LogP contribution in [0, 0.1) is 0 Å². The first kappa shape index (κ1) is 12.3. The monoisotopic (exact) mass is 260 g/mol. The first-order valence-corrected chi connectivity index (χ1v) is 6.97. The highest BCUT2D eigenvalue weighted by Gasteiger charge is 2.21. The summed E-state index contributed by atoms with van der Waals surface area (Å²) >= 11 is 7.43. The lowest BCUT2D eigenvalue weighted by atomic mass is 10.3. The molecule has 0 bridgehead atoms. The summed E-state index contributed by atoms with van der Waals surface area (Å²) in [5, 5.41) is 3.24. The number of hydrogen-bond donors (Lipinski definition) is 0. The lowest BCUT2D eigenvalue weighted by Gasteiger charge is -2.14. The lowest BCUT2D eigenvalue weighted by molar-refractivity contribution is 0.108. The van der Waals surface area contributed by atoms with Crippen molar-refractivity contribution in [2.24, 2.45) is 0 Å². The predicted octanol–water partition coefficient (Wildman–Crippen LogP) is 2.15. The minimum atomic E-state index is 0.426. The highest BCUT2D eigenvalue weighted by molar-refractivity contribution is 7.09. The molecule has 2 heterocycles. The summed E-state index contributed by atoms with van der Waals surface area (Å²) in [6.45, 7) is 3.28. The molecule has 0 radical (unpaired) electrons. The van der Waals surface area contributed by atoms with Gasteiger partial charge in [0.2, 0.25) is 0 Å². The molecule has 0 aromatic carbocycles. The number of halogens is 1. The van der Waals surface area contributed by atoms with Gasteiger partial charge >= 0.3 is 0 Å². The third kappa shape index (κ3) is 3.17. The molecule has 1 saturated heterocycles. The van der Waals surface area contributed by atoms with Gasteiger partial charge in [-0.15, -0.1) is 22.9 Å². The number of alkyl halides is 1. The molecule has 3 nitrogen and oxygen atoms in total. The summed E-state index contributed by atoms with van der Waals surface area (Å²) < 4.78 is 5.34. The van der Waals surface area contributed by atoms with Gasteiger partial charge in [-0.3, -0.25) is 0 Å². The normalized spacial score (nSPS) is 21.8. The fourth-order valence-corrected chi connectivity index (χ4v) is 2.99. The van der Waals surface area contributed by atoms with E-state index < -0.39 is 0 Å². The number of ether oxygens (including phenoxy) is 1. The second kappa shape index (κ2) is 5.96. The van der Waals surface area contributed by atoms with E-state index in [1.807, 2.05) is 5.38 Å². The molecular weight excluding hydrogens is 244 g/mol. The zero-order valence-electron chi connectivity index (χ0n) is 9.49. The van der Waals surface area contributed by atoms with E-state index in [1.54, 1.807) is 18.4 Å². The molecule has 0 spiro atoms. The van der Waals surface area contributed by atoms with Gasteiger partial charge in [0.05, 0.1) is 22.7 Å². The second-order valence-corrected chi connectivity index (χ2v) is 5.27. The topological polar surface area (TPSA) is 25.4 Å². The molecule has 1 aliphatic heterocycles. The van der Waals surface area contributed by atoms with Crippen molar-refractivity contribution in [1.29, 1.82) is 0 Å². The number of aromatic nitrogens is 1. The molecule has 1 aromatic heterocycles. The van der Waals surface area contributed by atoms with E-state index in [1.165, 1.54) is 5.01 Å². The Morgan fingerprint density at radius 2 is 2.56 bits per heavy atom. The number of methoxy groups -OCH3 is 1. The average molecular weight is 261 g/mol. The van der Waals surface area contributed by atoms with Crippen LogP contribution in [-0.4, -0.2) is 42.7 Å². The Balaban J connectivity index is 1.75. The molecule has 1 fully saturated rings. The average Bonchev–Trinajstić information content (AvgIpc) is 2.95. The summed E-state index contributed by atoms with van der Waals surface area (Å²) in [5.74, 6) is 0.520. The Hall–Kier alpha value is -0.160. The van der Waals surface area contributed by atoms with Gasteiger partial charge < -0.3 is 9.64 Å². The van der Waals surface area contributed by atoms with E-state index >= 15 is 0 Å². The molecule has 0 saturated carbocycles. The van der Waals surface area contributed by atoms with Crippen LogP contribution in [0.2, 0.25) is 0 Å². The smallest absolute Gasteiger partial charge is 0.0941 e. The largest absolute Gasteiger partial charge is 0.380 e. The van der Waals surface area contributed by atoms with Crippen LogP contribution in [0.4, 0.5) is 0 Å². The molecule has 1 aliphatic rings. The van der Waals surface area contributed by atoms with E-state index in [-0.39, 0.29) is 0 Å². The molecular formula is C11H17ClN2OS. The van der Waals surface area contributed by atoms with Crippen molar-refractivity contribution < 1.29 is 4.74 Å². The zero-order chi connectivity index (χ0) is 11.4. The second-order valence-electron chi connectivity index (χ2n) is 4.06. The lowest BCUT2D eigenvalue weighted by Crippen LogP contribution is -2.25. The molecule has 16 heavy (non-hydrogen) atoms. The Kier molecular flexibility index (Phi) is 4.58.